The zero-order valence-corrected chi connectivity index (χ0v) is 11.6. The maximum atomic E-state index is 11.5. The van der Waals surface area contributed by atoms with E-state index in [0.717, 1.165) is 0 Å². The summed E-state index contributed by atoms with van der Waals surface area (Å²) in [5, 5.41) is 4.62. The molecule has 0 aliphatic heterocycles. The summed E-state index contributed by atoms with van der Waals surface area (Å²) >= 11 is 0. The Bertz CT molecular complexity index is 338. The molecule has 2 amide bonds. The molecular weight excluding hydrogens is 254 g/mol. The van der Waals surface area contributed by atoms with E-state index in [4.69, 9.17) is 10.5 Å². The highest BCUT2D eigenvalue weighted by Gasteiger charge is 2.27. The van der Waals surface area contributed by atoms with Crippen molar-refractivity contribution in [2.75, 3.05) is 13.8 Å². The highest BCUT2D eigenvalue weighted by Crippen LogP contribution is 2.07. The smallest absolute Gasteiger partial charge is 0.408 e. The minimum atomic E-state index is -1.14. The molecule has 0 spiro atoms. The lowest BCUT2D eigenvalue weighted by molar-refractivity contribution is -0.147. The predicted molar refractivity (Wildman–Crippen MR) is 67.0 cm³/mol. The van der Waals surface area contributed by atoms with Gasteiger partial charge in [0.2, 0.25) is 5.91 Å². The summed E-state index contributed by atoms with van der Waals surface area (Å²) in [5.74, 6) is -1.22. The predicted octanol–water partition coefficient (Wildman–Crippen LogP) is -0.525. The lowest BCUT2D eigenvalue weighted by atomic mass is 10.2. The number of amides is 2. The van der Waals surface area contributed by atoms with Crippen LogP contribution in [-0.4, -0.2) is 43.4 Å². The number of hydrogen-bond acceptors (Lipinski definition) is 6. The monoisotopic (exact) mass is 275 g/mol. The van der Waals surface area contributed by atoms with Gasteiger partial charge in [0.25, 0.3) is 0 Å². The van der Waals surface area contributed by atoms with Crippen LogP contribution in [0.4, 0.5) is 4.79 Å². The van der Waals surface area contributed by atoms with Crippen LogP contribution < -0.4 is 16.4 Å². The van der Waals surface area contributed by atoms with Crippen LogP contribution in [0.25, 0.3) is 0 Å². The molecule has 0 bridgehead atoms. The third kappa shape index (κ3) is 7.98. The molecule has 0 saturated heterocycles. The zero-order valence-electron chi connectivity index (χ0n) is 11.6. The van der Waals surface area contributed by atoms with E-state index in [0.29, 0.717) is 0 Å². The summed E-state index contributed by atoms with van der Waals surface area (Å²) < 4.78 is 9.56. The SMILES string of the molecule is CNC(=O)C[C@H](NC(=O)OC(C)(C)C)C(=O)OCN. The Morgan fingerprint density at radius 1 is 1.26 bits per heavy atom. The van der Waals surface area contributed by atoms with Gasteiger partial charge in [0.05, 0.1) is 6.42 Å². The van der Waals surface area contributed by atoms with Crippen LogP contribution in [0.1, 0.15) is 27.2 Å². The van der Waals surface area contributed by atoms with E-state index in [1.807, 2.05) is 0 Å². The van der Waals surface area contributed by atoms with Crippen molar-refractivity contribution in [2.24, 2.45) is 5.73 Å². The van der Waals surface area contributed by atoms with E-state index >= 15 is 0 Å². The first-order valence-electron chi connectivity index (χ1n) is 5.76. The molecule has 110 valence electrons. The van der Waals surface area contributed by atoms with Crippen LogP contribution in [0, 0.1) is 0 Å². The number of carbonyl (C=O) groups excluding carboxylic acids is 3. The summed E-state index contributed by atoms with van der Waals surface area (Å²) in [4.78, 5) is 34.3. The summed E-state index contributed by atoms with van der Waals surface area (Å²) in [6.45, 7) is 4.70. The Labute approximate surface area is 112 Å². The molecule has 0 aliphatic carbocycles. The summed E-state index contributed by atoms with van der Waals surface area (Å²) in [5.41, 5.74) is 4.37. The minimum absolute atomic E-state index is 0.255. The lowest BCUT2D eigenvalue weighted by Gasteiger charge is -2.22. The van der Waals surface area contributed by atoms with Crippen LogP contribution in [0.3, 0.4) is 0 Å². The number of alkyl carbamates (subject to hydrolysis) is 1. The van der Waals surface area contributed by atoms with Crippen molar-refractivity contribution < 1.29 is 23.9 Å². The average Bonchev–Trinajstić information content (AvgIpc) is 2.25. The highest BCUT2D eigenvalue weighted by atomic mass is 16.6. The fourth-order valence-electron chi connectivity index (χ4n) is 1.11. The first-order valence-corrected chi connectivity index (χ1v) is 5.76. The summed E-state index contributed by atoms with van der Waals surface area (Å²) in [6.07, 6.45) is -1.07. The topological polar surface area (TPSA) is 120 Å². The first kappa shape index (κ1) is 17.2. The first-order chi connectivity index (χ1) is 8.69. The molecule has 0 heterocycles. The maximum Gasteiger partial charge on any atom is 0.408 e. The summed E-state index contributed by atoms with van der Waals surface area (Å²) in [6, 6.07) is -1.14. The van der Waals surface area contributed by atoms with Gasteiger partial charge >= 0.3 is 12.1 Å². The molecule has 1 atom stereocenters. The van der Waals surface area contributed by atoms with Crippen LogP contribution in [0.15, 0.2) is 0 Å². The maximum absolute atomic E-state index is 11.5. The van der Waals surface area contributed by atoms with Gasteiger partial charge in [0, 0.05) is 7.05 Å². The molecule has 0 aliphatic rings. The number of nitrogens with one attached hydrogen (secondary N) is 2. The Kier molecular flexibility index (Phi) is 6.84. The van der Waals surface area contributed by atoms with Gasteiger partial charge in [-0.2, -0.15) is 0 Å². The van der Waals surface area contributed by atoms with Gasteiger partial charge in [0.1, 0.15) is 18.4 Å². The van der Waals surface area contributed by atoms with Gasteiger partial charge in [-0.05, 0) is 20.8 Å². The quantitative estimate of drug-likeness (QED) is 0.458. The van der Waals surface area contributed by atoms with Gasteiger partial charge in [0.15, 0.2) is 0 Å². The number of esters is 1. The van der Waals surface area contributed by atoms with Gasteiger partial charge in [-0.15, -0.1) is 0 Å². The molecule has 0 aromatic carbocycles. The second kappa shape index (κ2) is 7.57. The van der Waals surface area contributed by atoms with Crippen LogP contribution in [0.2, 0.25) is 0 Å². The molecule has 8 heteroatoms. The minimum Gasteiger partial charge on any atom is -0.448 e. The second-order valence-electron chi connectivity index (χ2n) is 4.71. The fourth-order valence-corrected chi connectivity index (χ4v) is 1.11. The highest BCUT2D eigenvalue weighted by molar-refractivity contribution is 5.87. The molecule has 0 radical (unpaired) electrons. The van der Waals surface area contributed by atoms with Crippen molar-refractivity contribution in [3.8, 4) is 0 Å². The standard InChI is InChI=1S/C11H21N3O5/c1-11(2,3)19-10(17)14-7(5-8(15)13-4)9(16)18-6-12/h7H,5-6,12H2,1-4H3,(H,13,15)(H,14,17)/t7-/m0/s1. The lowest BCUT2D eigenvalue weighted by Crippen LogP contribution is -2.46. The van der Waals surface area contributed by atoms with E-state index in [9.17, 15) is 14.4 Å². The third-order valence-corrected chi connectivity index (χ3v) is 1.87. The number of nitrogens with two attached hydrogens (primary N) is 1. The molecule has 0 saturated carbocycles. The fraction of sp³-hybridized carbons (Fsp3) is 0.727. The Balaban J connectivity index is 4.61. The summed E-state index contributed by atoms with van der Waals surface area (Å²) in [7, 11) is 1.42. The average molecular weight is 275 g/mol. The van der Waals surface area contributed by atoms with Crippen molar-refractivity contribution >= 4 is 18.0 Å². The van der Waals surface area contributed by atoms with E-state index in [2.05, 4.69) is 15.4 Å². The molecular formula is C11H21N3O5. The van der Waals surface area contributed by atoms with Crippen molar-refractivity contribution in [3.05, 3.63) is 0 Å². The molecule has 0 aromatic heterocycles. The molecule has 19 heavy (non-hydrogen) atoms. The van der Waals surface area contributed by atoms with Gasteiger partial charge < -0.3 is 20.1 Å². The van der Waals surface area contributed by atoms with Crippen molar-refractivity contribution in [1.29, 1.82) is 0 Å². The van der Waals surface area contributed by atoms with Crippen LogP contribution in [-0.2, 0) is 19.1 Å². The van der Waals surface area contributed by atoms with E-state index in [1.54, 1.807) is 20.8 Å². The van der Waals surface area contributed by atoms with Crippen molar-refractivity contribution in [1.82, 2.24) is 10.6 Å². The zero-order chi connectivity index (χ0) is 15.1. The van der Waals surface area contributed by atoms with Gasteiger partial charge in [-0.3, -0.25) is 10.5 Å². The van der Waals surface area contributed by atoms with E-state index < -0.39 is 29.6 Å². The molecule has 0 aromatic rings. The molecule has 0 fully saturated rings. The van der Waals surface area contributed by atoms with Crippen LogP contribution in [0.5, 0.6) is 0 Å². The van der Waals surface area contributed by atoms with Crippen molar-refractivity contribution in [2.45, 2.75) is 38.8 Å². The molecule has 0 unspecified atom stereocenters. The Morgan fingerprint density at radius 3 is 2.26 bits per heavy atom. The Hall–Kier alpha value is -1.83. The van der Waals surface area contributed by atoms with E-state index in [1.165, 1.54) is 7.05 Å². The molecule has 4 N–H and O–H groups in total. The molecule has 0 rings (SSSR count). The number of hydrogen-bond donors (Lipinski definition) is 3. The van der Waals surface area contributed by atoms with Gasteiger partial charge in [-0.1, -0.05) is 0 Å². The second-order valence-corrected chi connectivity index (χ2v) is 4.71. The van der Waals surface area contributed by atoms with Gasteiger partial charge in [-0.25, -0.2) is 9.59 Å². The van der Waals surface area contributed by atoms with E-state index in [-0.39, 0.29) is 13.2 Å². The Morgan fingerprint density at radius 2 is 1.84 bits per heavy atom. The van der Waals surface area contributed by atoms with Crippen molar-refractivity contribution in [3.63, 3.8) is 0 Å². The number of ether oxygens (including phenoxy) is 2. The molecule has 8 nitrogen and oxygen atoms in total. The largest absolute Gasteiger partial charge is 0.448 e. The number of carbonyl (C=O) groups is 3. The normalized spacial score (nSPS) is 12.3. The number of rotatable bonds is 5. The third-order valence-electron chi connectivity index (χ3n) is 1.87. The van der Waals surface area contributed by atoms with Crippen LogP contribution >= 0.6 is 0 Å².